The molecular weight excluding hydrogens is 388 g/mol. The predicted octanol–water partition coefficient (Wildman–Crippen LogP) is 3.43. The van der Waals surface area contributed by atoms with Crippen molar-refractivity contribution in [2.24, 2.45) is 11.8 Å². The van der Waals surface area contributed by atoms with Gasteiger partial charge in [-0.1, -0.05) is 52.0 Å². The topological polar surface area (TPSA) is 106 Å². The number of hydrogen-bond donors (Lipinski definition) is 4. The van der Waals surface area contributed by atoms with Gasteiger partial charge in [-0.2, -0.15) is 5.10 Å². The summed E-state index contributed by atoms with van der Waals surface area (Å²) < 4.78 is 1.99. The number of hydrogen-bond acceptors (Lipinski definition) is 7. The van der Waals surface area contributed by atoms with Crippen molar-refractivity contribution in [3.8, 4) is 0 Å². The Balaban J connectivity index is 0.000000645. The highest BCUT2D eigenvalue weighted by Gasteiger charge is 2.29. The number of anilines is 2. The van der Waals surface area contributed by atoms with Crippen LogP contribution in [-0.2, 0) is 6.54 Å². The molecule has 0 saturated carbocycles. The molecule has 0 spiro atoms. The van der Waals surface area contributed by atoms with Crippen LogP contribution in [0.4, 0.5) is 11.6 Å². The highest BCUT2D eigenvalue weighted by molar-refractivity contribution is 5.96. The molecule has 168 valence electrons. The predicted molar refractivity (Wildman–Crippen MR) is 128 cm³/mol. The number of nitrogen functional groups attached to an aromatic ring is 1. The maximum Gasteiger partial charge on any atom is 0.165 e. The monoisotopic (exact) mass is 424 g/mol. The molecule has 1 saturated heterocycles. The molecule has 0 aromatic carbocycles. The Morgan fingerprint density at radius 3 is 2.61 bits per heavy atom. The minimum absolute atomic E-state index is 0.269. The lowest BCUT2D eigenvalue weighted by molar-refractivity contribution is 0.325. The van der Waals surface area contributed by atoms with Crippen molar-refractivity contribution < 1.29 is 0 Å². The summed E-state index contributed by atoms with van der Waals surface area (Å²) >= 11 is 0. The molecule has 5 rings (SSSR count). The average Bonchev–Trinajstić information content (AvgIpc) is 3.40. The van der Waals surface area contributed by atoms with Crippen molar-refractivity contribution in [3.63, 3.8) is 0 Å². The zero-order valence-electron chi connectivity index (χ0n) is 19.1. The summed E-state index contributed by atoms with van der Waals surface area (Å²) in [7, 11) is 0. The number of piperidine rings is 1. The van der Waals surface area contributed by atoms with Crippen LogP contribution >= 0.6 is 0 Å². The largest absolute Gasteiger partial charge is 0.383 e. The van der Waals surface area contributed by atoms with E-state index in [2.05, 4.69) is 50.2 Å². The highest BCUT2D eigenvalue weighted by Crippen LogP contribution is 2.32. The summed E-state index contributed by atoms with van der Waals surface area (Å²) in [5.74, 6) is 2.06. The highest BCUT2D eigenvalue weighted by atomic mass is 15.3. The van der Waals surface area contributed by atoms with Gasteiger partial charge in [-0.05, 0) is 31.8 Å². The molecule has 31 heavy (non-hydrogen) atoms. The summed E-state index contributed by atoms with van der Waals surface area (Å²) in [6, 6.07) is 0.286. The fourth-order valence-corrected chi connectivity index (χ4v) is 4.16. The van der Waals surface area contributed by atoms with Gasteiger partial charge >= 0.3 is 0 Å². The number of nitrogens with one attached hydrogen (secondary N) is 3. The summed E-state index contributed by atoms with van der Waals surface area (Å²) in [5.41, 5.74) is 8.07. The Kier molecular flexibility index (Phi) is 8.06. The SMILES string of the molecule is CC.CC.Nc1ncnc2c1c(NC1=CNC3C=CC=CC13)nn2CC1CCNCC1. The van der Waals surface area contributed by atoms with Crippen LogP contribution in [0, 0.1) is 11.8 Å². The van der Waals surface area contributed by atoms with E-state index in [9.17, 15) is 0 Å². The molecule has 2 aromatic rings. The number of nitrogens with zero attached hydrogens (tertiary/aromatic N) is 4. The van der Waals surface area contributed by atoms with E-state index in [1.807, 2.05) is 38.6 Å². The normalized spacial score (nSPS) is 21.9. The molecular formula is C23H36N8. The molecule has 0 amide bonds. The minimum atomic E-state index is 0.269. The van der Waals surface area contributed by atoms with E-state index in [0.717, 1.165) is 55.0 Å². The van der Waals surface area contributed by atoms with Crippen LogP contribution < -0.4 is 21.7 Å². The molecule has 0 bridgehead atoms. The van der Waals surface area contributed by atoms with Crippen LogP contribution in [0.2, 0.25) is 0 Å². The number of nitrogens with two attached hydrogens (primary N) is 1. The lowest BCUT2D eigenvalue weighted by Crippen LogP contribution is -2.30. The zero-order valence-corrected chi connectivity index (χ0v) is 19.1. The number of rotatable bonds is 4. The van der Waals surface area contributed by atoms with Crippen LogP contribution in [-0.4, -0.2) is 38.9 Å². The number of aromatic nitrogens is 4. The van der Waals surface area contributed by atoms with E-state index in [4.69, 9.17) is 10.8 Å². The molecule has 2 atom stereocenters. The third-order valence-electron chi connectivity index (χ3n) is 5.64. The molecule has 8 heteroatoms. The standard InChI is InChI=1S/C19H24N8.2C2H6/c20-17-16-18(25-15-9-22-14-4-2-1-3-13(14)15)26-27(19(16)24-11-23-17)10-12-5-7-21-8-6-12;2*1-2/h1-4,9,11-14,21-22H,5-8,10H2,(H,25,26)(H2,20,23,24);2*1-2H3. The van der Waals surface area contributed by atoms with Gasteiger partial charge in [0.1, 0.15) is 17.5 Å². The van der Waals surface area contributed by atoms with Crippen molar-refractivity contribution in [2.45, 2.75) is 53.1 Å². The first-order chi connectivity index (χ1) is 15.3. The second-order valence-electron chi connectivity index (χ2n) is 7.39. The van der Waals surface area contributed by atoms with E-state index in [-0.39, 0.29) is 12.0 Å². The van der Waals surface area contributed by atoms with Gasteiger partial charge in [-0.25, -0.2) is 14.6 Å². The van der Waals surface area contributed by atoms with E-state index in [1.165, 1.54) is 6.33 Å². The van der Waals surface area contributed by atoms with Crippen LogP contribution in [0.3, 0.4) is 0 Å². The molecule has 1 fully saturated rings. The van der Waals surface area contributed by atoms with Crippen molar-refractivity contribution in [3.05, 3.63) is 42.5 Å². The Hall–Kier alpha value is -2.87. The van der Waals surface area contributed by atoms with Gasteiger partial charge in [0.2, 0.25) is 0 Å². The van der Waals surface area contributed by atoms with Gasteiger partial charge in [0.25, 0.3) is 0 Å². The van der Waals surface area contributed by atoms with E-state index >= 15 is 0 Å². The molecule has 3 aliphatic rings. The molecule has 4 heterocycles. The van der Waals surface area contributed by atoms with Crippen molar-refractivity contribution in [2.75, 3.05) is 24.1 Å². The lowest BCUT2D eigenvalue weighted by Gasteiger charge is -2.22. The van der Waals surface area contributed by atoms with Gasteiger partial charge in [0.15, 0.2) is 11.5 Å². The van der Waals surface area contributed by atoms with Crippen LogP contribution in [0.5, 0.6) is 0 Å². The fraction of sp³-hybridized carbons (Fsp3) is 0.522. The second kappa shape index (κ2) is 10.9. The molecule has 2 unspecified atom stereocenters. The quantitative estimate of drug-likeness (QED) is 0.596. The number of allylic oxidation sites excluding steroid dienone is 2. The van der Waals surface area contributed by atoms with Crippen molar-refractivity contribution >= 4 is 22.7 Å². The first-order valence-electron chi connectivity index (χ1n) is 11.6. The van der Waals surface area contributed by atoms with Crippen LogP contribution in [0.1, 0.15) is 40.5 Å². The first kappa shape index (κ1) is 22.8. The summed E-state index contributed by atoms with van der Waals surface area (Å²) in [5, 5.41) is 15.9. The molecule has 0 radical (unpaired) electrons. The third-order valence-corrected chi connectivity index (χ3v) is 5.64. The van der Waals surface area contributed by atoms with Gasteiger partial charge in [-0.15, -0.1) is 0 Å². The van der Waals surface area contributed by atoms with E-state index in [0.29, 0.717) is 11.7 Å². The lowest BCUT2D eigenvalue weighted by atomic mass is 9.95. The molecule has 8 nitrogen and oxygen atoms in total. The minimum Gasteiger partial charge on any atom is -0.383 e. The zero-order chi connectivity index (χ0) is 22.2. The maximum atomic E-state index is 6.19. The summed E-state index contributed by atoms with van der Waals surface area (Å²) in [6.45, 7) is 11.0. The average molecular weight is 425 g/mol. The Labute approximate surface area is 185 Å². The molecule has 2 aromatic heterocycles. The number of fused-ring (bicyclic) bond motifs is 2. The fourth-order valence-electron chi connectivity index (χ4n) is 4.16. The molecule has 5 N–H and O–H groups in total. The van der Waals surface area contributed by atoms with Crippen LogP contribution in [0.15, 0.2) is 42.5 Å². The van der Waals surface area contributed by atoms with Crippen LogP contribution in [0.25, 0.3) is 11.0 Å². The van der Waals surface area contributed by atoms with E-state index < -0.39 is 0 Å². The van der Waals surface area contributed by atoms with Gasteiger partial charge in [-0.3, -0.25) is 0 Å². The first-order valence-corrected chi connectivity index (χ1v) is 11.6. The Morgan fingerprint density at radius 1 is 1.10 bits per heavy atom. The summed E-state index contributed by atoms with van der Waals surface area (Å²) in [6.07, 6.45) is 14.4. The second-order valence-corrected chi connectivity index (χ2v) is 7.39. The third kappa shape index (κ3) is 4.90. The van der Waals surface area contributed by atoms with Gasteiger partial charge in [0.05, 0.1) is 6.04 Å². The summed E-state index contributed by atoms with van der Waals surface area (Å²) in [4.78, 5) is 8.66. The molecule has 1 aliphatic carbocycles. The van der Waals surface area contributed by atoms with Gasteiger partial charge < -0.3 is 21.7 Å². The Morgan fingerprint density at radius 2 is 1.84 bits per heavy atom. The molecule has 2 aliphatic heterocycles. The smallest absolute Gasteiger partial charge is 0.165 e. The maximum absolute atomic E-state index is 6.19. The Bertz CT molecular complexity index is 936. The van der Waals surface area contributed by atoms with Gasteiger partial charge in [0, 0.05) is 24.4 Å². The van der Waals surface area contributed by atoms with Crippen molar-refractivity contribution in [1.82, 2.24) is 30.4 Å². The van der Waals surface area contributed by atoms with Crippen molar-refractivity contribution in [1.29, 1.82) is 0 Å². The van der Waals surface area contributed by atoms with E-state index in [1.54, 1.807) is 0 Å².